The minimum atomic E-state index is -0.238. The lowest BCUT2D eigenvalue weighted by Crippen LogP contribution is -2.02. The van der Waals surface area contributed by atoms with Crippen LogP contribution in [-0.4, -0.2) is 22.8 Å². The Hall–Kier alpha value is -0.390. The second-order valence-corrected chi connectivity index (χ2v) is 5.46. The minimum absolute atomic E-state index is 0.0609. The van der Waals surface area contributed by atoms with Crippen LogP contribution < -0.4 is 0 Å². The molecule has 6 heteroatoms. The van der Waals surface area contributed by atoms with Crippen LogP contribution in [0.1, 0.15) is 12.8 Å². The van der Waals surface area contributed by atoms with Gasteiger partial charge in [0.1, 0.15) is 5.03 Å². The summed E-state index contributed by atoms with van der Waals surface area (Å²) in [7, 11) is 3.29. The molecule has 0 aliphatic rings. The molecule has 1 aromatic heterocycles. The van der Waals surface area contributed by atoms with Gasteiger partial charge >= 0.3 is 5.97 Å². The Balaban J connectivity index is 2.02. The summed E-state index contributed by atoms with van der Waals surface area (Å²) in [5.41, 5.74) is 0. The molecule has 0 radical (unpaired) electrons. The summed E-state index contributed by atoms with van der Waals surface area (Å²) in [6, 6.07) is 5.73. The van der Waals surface area contributed by atoms with Gasteiger partial charge in [0.15, 0.2) is 6.07 Å². The van der Waals surface area contributed by atoms with Crippen molar-refractivity contribution in [2.24, 2.45) is 0 Å². The fraction of sp³-hybridized carbons (Fsp3) is 0.400. The summed E-state index contributed by atoms with van der Waals surface area (Å²) in [4.78, 5) is 15.1. The van der Waals surface area contributed by atoms with Crippen molar-refractivity contribution < 1.29 is 9.53 Å². The van der Waals surface area contributed by atoms with Crippen molar-refractivity contribution in [2.45, 2.75) is 17.9 Å². The van der Waals surface area contributed by atoms with E-state index in [0.717, 1.165) is 17.2 Å². The van der Waals surface area contributed by atoms with Crippen LogP contribution in [0.2, 0.25) is 0 Å². The molecule has 0 aliphatic heterocycles. The number of aromatic nitrogens is 1. The molecule has 0 aliphatic carbocycles. The summed E-state index contributed by atoms with van der Waals surface area (Å²) in [5.74, 6) is 0.650. The highest BCUT2D eigenvalue weighted by Gasteiger charge is 2.01. The standard InChI is InChI=1S/C10H12ClNO2S2/c11-8-14-10(13)5-3-7-15-16-9-4-1-2-6-12-9/h1-2,4,6H,3,5,7-8H2. The first-order chi connectivity index (χ1) is 7.83. The molecule has 88 valence electrons. The third kappa shape index (κ3) is 6.25. The lowest BCUT2D eigenvalue weighted by molar-refractivity contribution is -0.141. The molecule has 0 saturated carbocycles. The molecule has 3 nitrogen and oxygen atoms in total. The van der Waals surface area contributed by atoms with Crippen LogP contribution >= 0.6 is 33.2 Å². The Bertz CT molecular complexity index is 311. The number of ether oxygens (including phenoxy) is 1. The van der Waals surface area contributed by atoms with Crippen LogP contribution in [0.25, 0.3) is 0 Å². The number of carbonyl (C=O) groups is 1. The van der Waals surface area contributed by atoms with E-state index in [9.17, 15) is 4.79 Å². The van der Waals surface area contributed by atoms with Gasteiger partial charge in [-0.3, -0.25) is 4.79 Å². The topological polar surface area (TPSA) is 39.2 Å². The van der Waals surface area contributed by atoms with Gasteiger partial charge in [0.05, 0.1) is 0 Å². The van der Waals surface area contributed by atoms with Gasteiger partial charge in [-0.1, -0.05) is 28.5 Å². The van der Waals surface area contributed by atoms with Gasteiger partial charge in [0, 0.05) is 18.4 Å². The third-order valence-electron chi connectivity index (χ3n) is 1.61. The summed E-state index contributed by atoms with van der Waals surface area (Å²) in [6.07, 6.45) is 2.98. The molecule has 1 rings (SSSR count). The monoisotopic (exact) mass is 277 g/mol. The first kappa shape index (κ1) is 13.7. The molecule has 0 aromatic carbocycles. The molecule has 0 unspecified atom stereocenters. The molecule has 0 spiro atoms. The minimum Gasteiger partial charge on any atom is -0.449 e. The SMILES string of the molecule is O=C(CCCSSc1ccccn1)OCCl. The zero-order valence-electron chi connectivity index (χ0n) is 8.60. The lowest BCUT2D eigenvalue weighted by atomic mass is 10.3. The zero-order chi connectivity index (χ0) is 11.6. The lowest BCUT2D eigenvalue weighted by Gasteiger charge is -2.00. The zero-order valence-corrected chi connectivity index (χ0v) is 11.0. The van der Waals surface area contributed by atoms with Crippen molar-refractivity contribution >= 4 is 39.2 Å². The molecule has 1 heterocycles. The molecule has 1 aromatic rings. The van der Waals surface area contributed by atoms with Gasteiger partial charge in [-0.25, -0.2) is 4.98 Å². The predicted molar refractivity (Wildman–Crippen MR) is 68.6 cm³/mol. The maximum Gasteiger partial charge on any atom is 0.307 e. The first-order valence-corrected chi connectivity index (χ1v) is 7.60. The maximum absolute atomic E-state index is 10.9. The van der Waals surface area contributed by atoms with Crippen LogP contribution in [0.3, 0.4) is 0 Å². The van der Waals surface area contributed by atoms with Crippen molar-refractivity contribution in [3.63, 3.8) is 0 Å². The highest BCUT2D eigenvalue weighted by molar-refractivity contribution is 8.76. The molecular weight excluding hydrogens is 266 g/mol. The van der Waals surface area contributed by atoms with Crippen molar-refractivity contribution in [3.8, 4) is 0 Å². The van der Waals surface area contributed by atoms with Crippen LogP contribution in [0.4, 0.5) is 0 Å². The Morgan fingerprint density at radius 1 is 1.50 bits per heavy atom. The molecule has 16 heavy (non-hydrogen) atoms. The van der Waals surface area contributed by atoms with E-state index in [1.165, 1.54) is 0 Å². The molecule has 0 atom stereocenters. The van der Waals surface area contributed by atoms with Crippen LogP contribution in [-0.2, 0) is 9.53 Å². The number of pyridine rings is 1. The van der Waals surface area contributed by atoms with E-state index in [-0.39, 0.29) is 12.0 Å². The van der Waals surface area contributed by atoms with E-state index < -0.39 is 0 Å². The summed E-state index contributed by atoms with van der Waals surface area (Å²) in [6.45, 7) is 0. The van der Waals surface area contributed by atoms with E-state index in [0.29, 0.717) is 6.42 Å². The second-order valence-electron chi connectivity index (χ2n) is 2.80. The smallest absolute Gasteiger partial charge is 0.307 e. The number of carbonyl (C=O) groups excluding carboxylic acids is 1. The highest BCUT2D eigenvalue weighted by atomic mass is 35.5. The number of nitrogens with zero attached hydrogens (tertiary/aromatic N) is 1. The fourth-order valence-electron chi connectivity index (χ4n) is 0.907. The molecule has 0 N–H and O–H groups in total. The molecule has 0 amide bonds. The molecule has 0 fully saturated rings. The van der Waals surface area contributed by atoms with E-state index in [1.54, 1.807) is 27.8 Å². The van der Waals surface area contributed by atoms with Crippen LogP contribution in [0.15, 0.2) is 29.4 Å². The number of halogens is 1. The molecule has 0 bridgehead atoms. The molecule has 0 saturated heterocycles. The highest BCUT2D eigenvalue weighted by Crippen LogP contribution is 2.29. The van der Waals surface area contributed by atoms with Crippen molar-refractivity contribution in [2.75, 3.05) is 11.8 Å². The van der Waals surface area contributed by atoms with Crippen LogP contribution in [0, 0.1) is 0 Å². The van der Waals surface area contributed by atoms with E-state index in [1.807, 2.05) is 18.2 Å². The van der Waals surface area contributed by atoms with Crippen LogP contribution in [0.5, 0.6) is 0 Å². The first-order valence-electron chi connectivity index (χ1n) is 4.75. The average Bonchev–Trinajstić information content (AvgIpc) is 2.30. The van der Waals surface area contributed by atoms with Gasteiger partial charge in [-0.05, 0) is 29.3 Å². The average molecular weight is 278 g/mol. The number of rotatable bonds is 7. The summed E-state index contributed by atoms with van der Waals surface area (Å²) < 4.78 is 4.60. The Morgan fingerprint density at radius 2 is 2.38 bits per heavy atom. The Labute approximate surface area is 108 Å². The summed E-state index contributed by atoms with van der Waals surface area (Å²) in [5, 5.41) is 0.982. The Kier molecular flexibility index (Phi) is 7.46. The largest absolute Gasteiger partial charge is 0.449 e. The quantitative estimate of drug-likeness (QED) is 0.331. The number of hydrogen-bond acceptors (Lipinski definition) is 5. The summed E-state index contributed by atoms with van der Waals surface area (Å²) >= 11 is 5.26. The Morgan fingerprint density at radius 3 is 3.06 bits per heavy atom. The number of esters is 1. The van der Waals surface area contributed by atoms with E-state index >= 15 is 0 Å². The van der Waals surface area contributed by atoms with E-state index in [2.05, 4.69) is 9.72 Å². The van der Waals surface area contributed by atoms with Crippen molar-refractivity contribution in [3.05, 3.63) is 24.4 Å². The van der Waals surface area contributed by atoms with Gasteiger partial charge in [-0.15, -0.1) is 0 Å². The van der Waals surface area contributed by atoms with Gasteiger partial charge in [0.25, 0.3) is 0 Å². The van der Waals surface area contributed by atoms with E-state index in [4.69, 9.17) is 11.6 Å². The van der Waals surface area contributed by atoms with Crippen molar-refractivity contribution in [1.29, 1.82) is 0 Å². The van der Waals surface area contributed by atoms with Gasteiger partial charge in [-0.2, -0.15) is 0 Å². The number of alkyl halides is 1. The maximum atomic E-state index is 10.9. The fourth-order valence-corrected chi connectivity index (χ4v) is 2.99. The number of hydrogen-bond donors (Lipinski definition) is 0. The normalized spacial score (nSPS) is 10.1. The van der Waals surface area contributed by atoms with Gasteiger partial charge in [0.2, 0.25) is 0 Å². The molecular formula is C10H12ClNO2S2. The van der Waals surface area contributed by atoms with Gasteiger partial charge < -0.3 is 4.74 Å². The second kappa shape index (κ2) is 8.73. The van der Waals surface area contributed by atoms with Crippen molar-refractivity contribution in [1.82, 2.24) is 4.98 Å². The predicted octanol–water partition coefficient (Wildman–Crippen LogP) is 3.34. The third-order valence-corrected chi connectivity index (χ3v) is 4.07.